The number of aryl methyl sites for hydroxylation is 2. The molecule has 0 aliphatic carbocycles. The van der Waals surface area contributed by atoms with Crippen molar-refractivity contribution in [3.63, 3.8) is 0 Å². The van der Waals surface area contributed by atoms with Crippen LogP contribution in [0.5, 0.6) is 0 Å². The molecule has 3 aromatic rings. The van der Waals surface area contributed by atoms with Gasteiger partial charge in [0.15, 0.2) is 0 Å². The molecular weight excluding hydrogens is 363 g/mol. The van der Waals surface area contributed by atoms with E-state index in [2.05, 4.69) is 5.10 Å². The highest BCUT2D eigenvalue weighted by Gasteiger charge is 2.22. The minimum absolute atomic E-state index is 0.101. The molecule has 0 atom stereocenters. The van der Waals surface area contributed by atoms with E-state index in [0.29, 0.717) is 43.3 Å². The summed E-state index contributed by atoms with van der Waals surface area (Å²) in [6.45, 7) is 5.56. The maximum Gasteiger partial charge on any atom is 0.252 e. The summed E-state index contributed by atoms with van der Waals surface area (Å²) in [4.78, 5) is 27.3. The third-order valence-corrected chi connectivity index (χ3v) is 5.00. The van der Waals surface area contributed by atoms with Crippen molar-refractivity contribution in [2.45, 2.75) is 20.4 Å². The van der Waals surface area contributed by atoms with E-state index < -0.39 is 5.82 Å². The van der Waals surface area contributed by atoms with Gasteiger partial charge < -0.3 is 9.64 Å². The standard InChI is InChI=1S/C20H21FN4O3/c1-13-10-17(26)24(12-18(27)23-6-8-28-9-7-23)20-19(13)14(2)22-25(20)16-5-3-4-15(21)11-16/h3-5,10-11H,6-9,12H2,1-2H3. The summed E-state index contributed by atoms with van der Waals surface area (Å²) in [5.41, 5.74) is 2.19. The molecule has 2 aromatic heterocycles. The molecule has 8 heteroatoms. The van der Waals surface area contributed by atoms with Crippen LogP contribution in [0, 0.1) is 19.7 Å². The molecule has 1 amide bonds. The van der Waals surface area contributed by atoms with Gasteiger partial charge in [-0.15, -0.1) is 0 Å². The zero-order valence-electron chi connectivity index (χ0n) is 15.8. The Bertz CT molecular complexity index is 1110. The van der Waals surface area contributed by atoms with Crippen LogP contribution in [0.15, 0.2) is 35.1 Å². The number of amides is 1. The molecule has 3 heterocycles. The van der Waals surface area contributed by atoms with Crippen LogP contribution in [0.25, 0.3) is 16.7 Å². The molecule has 1 aromatic carbocycles. The van der Waals surface area contributed by atoms with Crippen molar-refractivity contribution in [1.82, 2.24) is 19.2 Å². The number of pyridine rings is 1. The number of rotatable bonds is 3. The van der Waals surface area contributed by atoms with E-state index >= 15 is 0 Å². The first-order chi connectivity index (χ1) is 13.5. The number of ether oxygens (including phenoxy) is 1. The van der Waals surface area contributed by atoms with Gasteiger partial charge >= 0.3 is 0 Å². The lowest BCUT2D eigenvalue weighted by atomic mass is 10.1. The highest BCUT2D eigenvalue weighted by molar-refractivity contribution is 5.85. The molecule has 7 nitrogen and oxygen atoms in total. The number of hydrogen-bond donors (Lipinski definition) is 0. The van der Waals surface area contributed by atoms with Crippen LogP contribution in [0.1, 0.15) is 11.3 Å². The Hall–Kier alpha value is -3.00. The molecular formula is C20H21FN4O3. The van der Waals surface area contributed by atoms with Gasteiger partial charge in [-0.25, -0.2) is 9.07 Å². The number of nitrogens with zero attached hydrogens (tertiary/aromatic N) is 4. The van der Waals surface area contributed by atoms with Gasteiger partial charge in [0.1, 0.15) is 18.0 Å². The van der Waals surface area contributed by atoms with Crippen LogP contribution in [-0.2, 0) is 16.1 Å². The number of halogens is 1. The maximum absolute atomic E-state index is 13.8. The van der Waals surface area contributed by atoms with Crippen LogP contribution in [-0.4, -0.2) is 51.5 Å². The van der Waals surface area contributed by atoms with E-state index in [0.717, 1.165) is 10.9 Å². The first-order valence-corrected chi connectivity index (χ1v) is 9.17. The second-order valence-corrected chi connectivity index (χ2v) is 6.92. The van der Waals surface area contributed by atoms with Crippen LogP contribution < -0.4 is 5.56 Å². The Kier molecular flexibility index (Phi) is 4.72. The minimum Gasteiger partial charge on any atom is -0.378 e. The van der Waals surface area contributed by atoms with Gasteiger partial charge in [0.2, 0.25) is 5.91 Å². The number of benzene rings is 1. The summed E-state index contributed by atoms with van der Waals surface area (Å²) in [5.74, 6) is -0.551. The quantitative estimate of drug-likeness (QED) is 0.691. The van der Waals surface area contributed by atoms with E-state index in [1.807, 2.05) is 13.8 Å². The van der Waals surface area contributed by atoms with Crippen molar-refractivity contribution < 1.29 is 13.9 Å². The fourth-order valence-electron chi connectivity index (χ4n) is 3.65. The molecule has 28 heavy (non-hydrogen) atoms. The Morgan fingerprint density at radius 3 is 2.68 bits per heavy atom. The van der Waals surface area contributed by atoms with Gasteiger partial charge in [0, 0.05) is 24.5 Å². The third-order valence-electron chi connectivity index (χ3n) is 5.00. The smallest absolute Gasteiger partial charge is 0.252 e. The van der Waals surface area contributed by atoms with Gasteiger partial charge in [-0.1, -0.05) is 6.07 Å². The highest BCUT2D eigenvalue weighted by Crippen LogP contribution is 2.24. The van der Waals surface area contributed by atoms with Crippen LogP contribution >= 0.6 is 0 Å². The van der Waals surface area contributed by atoms with E-state index in [1.165, 1.54) is 27.4 Å². The Morgan fingerprint density at radius 2 is 1.96 bits per heavy atom. The number of carbonyl (C=O) groups excluding carboxylic acids is 1. The predicted octanol–water partition coefficient (Wildman–Crippen LogP) is 1.80. The van der Waals surface area contributed by atoms with Gasteiger partial charge in [-0.05, 0) is 37.6 Å². The van der Waals surface area contributed by atoms with Crippen molar-refractivity contribution in [1.29, 1.82) is 0 Å². The van der Waals surface area contributed by atoms with Gasteiger partial charge in [-0.2, -0.15) is 5.10 Å². The van der Waals surface area contributed by atoms with E-state index in [-0.39, 0.29) is 18.0 Å². The molecule has 4 rings (SSSR count). The molecule has 0 spiro atoms. The van der Waals surface area contributed by atoms with Crippen molar-refractivity contribution in [2.24, 2.45) is 0 Å². The summed E-state index contributed by atoms with van der Waals surface area (Å²) in [5, 5.41) is 5.32. The predicted molar refractivity (Wildman–Crippen MR) is 102 cm³/mol. The molecule has 1 aliphatic rings. The van der Waals surface area contributed by atoms with Crippen LogP contribution in [0.4, 0.5) is 4.39 Å². The first kappa shape index (κ1) is 18.4. The average Bonchev–Trinajstić information content (AvgIpc) is 3.03. The molecule has 1 saturated heterocycles. The molecule has 1 aliphatic heterocycles. The van der Waals surface area contributed by atoms with Crippen molar-refractivity contribution in [3.8, 4) is 5.69 Å². The van der Waals surface area contributed by atoms with Crippen molar-refractivity contribution >= 4 is 16.9 Å². The second-order valence-electron chi connectivity index (χ2n) is 6.92. The Labute approximate surface area is 160 Å². The minimum atomic E-state index is -0.398. The Balaban J connectivity index is 1.88. The summed E-state index contributed by atoms with van der Waals surface area (Å²) >= 11 is 0. The summed E-state index contributed by atoms with van der Waals surface area (Å²) < 4.78 is 22.0. The first-order valence-electron chi connectivity index (χ1n) is 9.17. The van der Waals surface area contributed by atoms with E-state index in [4.69, 9.17) is 4.74 Å². The van der Waals surface area contributed by atoms with Crippen LogP contribution in [0.3, 0.4) is 0 Å². The fraction of sp³-hybridized carbons (Fsp3) is 0.350. The number of hydrogen-bond acceptors (Lipinski definition) is 4. The third kappa shape index (κ3) is 3.20. The summed E-state index contributed by atoms with van der Waals surface area (Å²) in [6, 6.07) is 7.52. The topological polar surface area (TPSA) is 69.4 Å². The SMILES string of the molecule is Cc1cc(=O)n(CC(=O)N2CCOCC2)c2c1c(C)nn2-c1cccc(F)c1. The maximum atomic E-state index is 13.8. The number of morpholine rings is 1. The van der Waals surface area contributed by atoms with Gasteiger partial charge in [-0.3, -0.25) is 14.2 Å². The average molecular weight is 384 g/mol. The monoisotopic (exact) mass is 384 g/mol. The molecule has 0 radical (unpaired) electrons. The molecule has 146 valence electrons. The normalized spacial score (nSPS) is 14.6. The van der Waals surface area contributed by atoms with Crippen molar-refractivity contribution in [2.75, 3.05) is 26.3 Å². The van der Waals surface area contributed by atoms with E-state index in [1.54, 1.807) is 17.0 Å². The van der Waals surface area contributed by atoms with Gasteiger partial charge in [0.05, 0.1) is 24.6 Å². The lowest BCUT2D eigenvalue weighted by Gasteiger charge is -2.27. The molecule has 0 bridgehead atoms. The summed E-state index contributed by atoms with van der Waals surface area (Å²) in [6.07, 6.45) is 0. The lowest BCUT2D eigenvalue weighted by molar-refractivity contribution is -0.135. The molecule has 0 saturated carbocycles. The highest BCUT2D eigenvalue weighted by atomic mass is 19.1. The fourth-order valence-corrected chi connectivity index (χ4v) is 3.65. The zero-order valence-corrected chi connectivity index (χ0v) is 15.8. The lowest BCUT2D eigenvalue weighted by Crippen LogP contribution is -2.43. The van der Waals surface area contributed by atoms with Gasteiger partial charge in [0.25, 0.3) is 5.56 Å². The number of carbonyl (C=O) groups is 1. The molecule has 1 fully saturated rings. The second kappa shape index (κ2) is 7.20. The zero-order chi connectivity index (χ0) is 19.8. The molecule has 0 unspecified atom stereocenters. The summed E-state index contributed by atoms with van der Waals surface area (Å²) in [7, 11) is 0. The number of aromatic nitrogens is 3. The number of fused-ring (bicyclic) bond motifs is 1. The largest absolute Gasteiger partial charge is 0.378 e. The van der Waals surface area contributed by atoms with E-state index in [9.17, 15) is 14.0 Å². The van der Waals surface area contributed by atoms with Crippen molar-refractivity contribution in [3.05, 3.63) is 57.8 Å². The molecule has 0 N–H and O–H groups in total. The Morgan fingerprint density at radius 1 is 1.21 bits per heavy atom. The van der Waals surface area contributed by atoms with Crippen LogP contribution in [0.2, 0.25) is 0 Å².